The Morgan fingerprint density at radius 2 is 1.92 bits per heavy atom. The van der Waals surface area contributed by atoms with Gasteiger partial charge in [0, 0.05) is 10.9 Å². The van der Waals surface area contributed by atoms with Gasteiger partial charge in [0.1, 0.15) is 22.9 Å². The average molecular weight is 338 g/mol. The molecule has 0 aliphatic heterocycles. The smallest absolute Gasteiger partial charge is 0.208 e. The summed E-state index contributed by atoms with van der Waals surface area (Å²) in [5.74, 6) is 1.44. The van der Waals surface area contributed by atoms with Crippen LogP contribution in [0.25, 0.3) is 33.7 Å². The number of aromatic nitrogens is 4. The van der Waals surface area contributed by atoms with Crippen LogP contribution in [-0.4, -0.2) is 26.7 Å². The molecule has 0 saturated carbocycles. The molecular formula is C18H15FN4O2. The fraction of sp³-hybridized carbons (Fsp3) is 0.167. The van der Waals surface area contributed by atoms with E-state index in [1.54, 1.807) is 12.1 Å². The molecule has 0 amide bonds. The van der Waals surface area contributed by atoms with Crippen molar-refractivity contribution >= 4 is 11.0 Å². The van der Waals surface area contributed by atoms with Gasteiger partial charge in [-0.05, 0) is 61.5 Å². The molecule has 0 saturated heterocycles. The number of hydrogen-bond acceptors (Lipinski definition) is 5. The summed E-state index contributed by atoms with van der Waals surface area (Å²) in [6.45, 7) is 3.90. The van der Waals surface area contributed by atoms with E-state index in [4.69, 9.17) is 9.15 Å². The summed E-state index contributed by atoms with van der Waals surface area (Å²) >= 11 is 0. The number of fused-ring (bicyclic) bond motifs is 1. The third-order valence-electron chi connectivity index (χ3n) is 3.70. The minimum atomic E-state index is -0.285. The third kappa shape index (κ3) is 2.96. The van der Waals surface area contributed by atoms with E-state index in [1.165, 1.54) is 12.1 Å². The van der Waals surface area contributed by atoms with Crippen molar-refractivity contribution < 1.29 is 13.5 Å². The topological polar surface area (TPSA) is 76.8 Å². The van der Waals surface area contributed by atoms with Gasteiger partial charge in [0.15, 0.2) is 0 Å². The zero-order valence-electron chi connectivity index (χ0n) is 13.7. The lowest BCUT2D eigenvalue weighted by molar-refractivity contribution is 0.243. The number of rotatable bonds is 4. The molecule has 7 heteroatoms. The first-order chi connectivity index (χ1) is 12.1. The summed E-state index contributed by atoms with van der Waals surface area (Å²) in [6.07, 6.45) is -0.00780. The number of furan rings is 1. The van der Waals surface area contributed by atoms with Crippen molar-refractivity contribution in [3.63, 3.8) is 0 Å². The number of H-pyrrole nitrogens is 1. The standard InChI is InChI=1S/C18H15FN4O2/c1-10(2)24-17-8-12-7-15(11-3-5-13(19)6-4-11)25-16(12)9-14(17)18-20-22-23-21-18/h3-10H,1-2H3,(H,20,21,22,23). The molecule has 6 nitrogen and oxygen atoms in total. The van der Waals surface area contributed by atoms with Crippen LogP contribution in [0.1, 0.15) is 13.8 Å². The number of hydrogen-bond donors (Lipinski definition) is 1. The van der Waals surface area contributed by atoms with Crippen molar-refractivity contribution in [1.82, 2.24) is 20.6 Å². The van der Waals surface area contributed by atoms with Crippen LogP contribution in [0.4, 0.5) is 4.39 Å². The van der Waals surface area contributed by atoms with Gasteiger partial charge in [0.2, 0.25) is 5.82 Å². The van der Waals surface area contributed by atoms with Crippen LogP contribution in [0.15, 0.2) is 46.9 Å². The molecule has 0 spiro atoms. The quantitative estimate of drug-likeness (QED) is 0.603. The number of nitrogens with one attached hydrogen (secondary N) is 1. The highest BCUT2D eigenvalue weighted by molar-refractivity contribution is 5.89. The highest BCUT2D eigenvalue weighted by Crippen LogP contribution is 2.36. The van der Waals surface area contributed by atoms with E-state index in [9.17, 15) is 4.39 Å². The minimum Gasteiger partial charge on any atom is -0.490 e. The number of nitrogens with zero attached hydrogens (tertiary/aromatic N) is 3. The van der Waals surface area contributed by atoms with Gasteiger partial charge < -0.3 is 9.15 Å². The molecular weight excluding hydrogens is 323 g/mol. The summed E-state index contributed by atoms with van der Waals surface area (Å²) in [7, 11) is 0. The maximum Gasteiger partial charge on any atom is 0.208 e. The molecule has 0 radical (unpaired) electrons. The van der Waals surface area contributed by atoms with E-state index >= 15 is 0 Å². The molecule has 0 aliphatic carbocycles. The van der Waals surface area contributed by atoms with Gasteiger partial charge in [-0.15, -0.1) is 10.2 Å². The summed E-state index contributed by atoms with van der Waals surface area (Å²) < 4.78 is 24.9. The van der Waals surface area contributed by atoms with E-state index in [2.05, 4.69) is 20.6 Å². The molecule has 4 aromatic rings. The van der Waals surface area contributed by atoms with E-state index in [0.29, 0.717) is 28.5 Å². The molecule has 2 aromatic carbocycles. The van der Waals surface area contributed by atoms with Crippen molar-refractivity contribution in [3.05, 3.63) is 48.3 Å². The zero-order valence-corrected chi connectivity index (χ0v) is 13.7. The normalized spacial score (nSPS) is 11.4. The van der Waals surface area contributed by atoms with Crippen LogP contribution in [0, 0.1) is 5.82 Å². The van der Waals surface area contributed by atoms with Crippen LogP contribution in [0.5, 0.6) is 5.75 Å². The van der Waals surface area contributed by atoms with E-state index in [1.807, 2.05) is 32.0 Å². The number of ether oxygens (including phenoxy) is 1. The Hall–Kier alpha value is -3.22. The molecule has 4 rings (SSSR count). The summed E-state index contributed by atoms with van der Waals surface area (Å²) in [4.78, 5) is 0. The average Bonchev–Trinajstić information content (AvgIpc) is 3.23. The van der Waals surface area contributed by atoms with Crippen molar-refractivity contribution in [3.8, 4) is 28.5 Å². The van der Waals surface area contributed by atoms with Crippen molar-refractivity contribution in [2.45, 2.75) is 20.0 Å². The van der Waals surface area contributed by atoms with Crippen molar-refractivity contribution in [2.24, 2.45) is 0 Å². The highest BCUT2D eigenvalue weighted by atomic mass is 19.1. The van der Waals surface area contributed by atoms with Gasteiger partial charge in [-0.25, -0.2) is 4.39 Å². The Bertz CT molecular complexity index is 1010. The molecule has 0 fully saturated rings. The second kappa shape index (κ2) is 6.01. The van der Waals surface area contributed by atoms with Gasteiger partial charge in [-0.2, -0.15) is 5.21 Å². The summed E-state index contributed by atoms with van der Waals surface area (Å²) in [5, 5.41) is 15.0. The molecule has 2 heterocycles. The van der Waals surface area contributed by atoms with Gasteiger partial charge >= 0.3 is 0 Å². The molecule has 2 aromatic heterocycles. The van der Waals surface area contributed by atoms with Crippen LogP contribution in [0.2, 0.25) is 0 Å². The molecule has 0 aliphatic rings. The largest absolute Gasteiger partial charge is 0.490 e. The van der Waals surface area contributed by atoms with Crippen LogP contribution in [-0.2, 0) is 0 Å². The maximum atomic E-state index is 13.1. The van der Waals surface area contributed by atoms with Gasteiger partial charge in [-0.1, -0.05) is 0 Å². The second-order valence-corrected chi connectivity index (χ2v) is 5.91. The third-order valence-corrected chi connectivity index (χ3v) is 3.70. The first kappa shape index (κ1) is 15.3. The summed E-state index contributed by atoms with van der Waals surface area (Å²) in [5.41, 5.74) is 2.15. The van der Waals surface area contributed by atoms with Gasteiger partial charge in [0.05, 0.1) is 11.7 Å². The fourth-order valence-corrected chi connectivity index (χ4v) is 2.62. The lowest BCUT2D eigenvalue weighted by atomic mass is 10.1. The lowest BCUT2D eigenvalue weighted by Gasteiger charge is -2.12. The SMILES string of the molecule is CC(C)Oc1cc2cc(-c3ccc(F)cc3)oc2cc1-c1nn[nH]n1. The predicted octanol–water partition coefficient (Wildman–Crippen LogP) is 4.21. The highest BCUT2D eigenvalue weighted by Gasteiger charge is 2.16. The predicted molar refractivity (Wildman–Crippen MR) is 90.5 cm³/mol. The van der Waals surface area contributed by atoms with Crippen LogP contribution >= 0.6 is 0 Å². The van der Waals surface area contributed by atoms with Crippen molar-refractivity contribution in [2.75, 3.05) is 0 Å². The first-order valence-corrected chi connectivity index (χ1v) is 7.84. The van der Waals surface area contributed by atoms with E-state index < -0.39 is 0 Å². The Balaban J connectivity index is 1.85. The minimum absolute atomic E-state index is 0.00780. The second-order valence-electron chi connectivity index (χ2n) is 5.91. The number of halogens is 1. The van der Waals surface area contributed by atoms with E-state index in [0.717, 1.165) is 10.9 Å². The van der Waals surface area contributed by atoms with Crippen LogP contribution < -0.4 is 4.74 Å². The molecule has 1 N–H and O–H groups in total. The number of aromatic amines is 1. The molecule has 126 valence electrons. The first-order valence-electron chi connectivity index (χ1n) is 7.84. The van der Waals surface area contributed by atoms with Crippen LogP contribution in [0.3, 0.4) is 0 Å². The Labute approximate surface area is 142 Å². The lowest BCUT2D eigenvalue weighted by Crippen LogP contribution is -2.06. The molecule has 0 bridgehead atoms. The number of benzene rings is 2. The Kier molecular flexibility index (Phi) is 3.68. The van der Waals surface area contributed by atoms with E-state index in [-0.39, 0.29) is 11.9 Å². The molecule has 0 unspecified atom stereocenters. The van der Waals surface area contributed by atoms with Gasteiger partial charge in [0.25, 0.3) is 0 Å². The number of tetrazole rings is 1. The Morgan fingerprint density at radius 3 is 2.60 bits per heavy atom. The van der Waals surface area contributed by atoms with Gasteiger partial charge in [-0.3, -0.25) is 0 Å². The summed E-state index contributed by atoms with van der Waals surface area (Å²) in [6, 6.07) is 11.8. The maximum absolute atomic E-state index is 13.1. The zero-order chi connectivity index (χ0) is 17.4. The molecule has 0 atom stereocenters. The van der Waals surface area contributed by atoms with Crippen molar-refractivity contribution in [1.29, 1.82) is 0 Å². The monoisotopic (exact) mass is 338 g/mol. The fourth-order valence-electron chi connectivity index (χ4n) is 2.62. The molecule has 25 heavy (non-hydrogen) atoms. The Morgan fingerprint density at radius 1 is 1.12 bits per heavy atom.